The summed E-state index contributed by atoms with van der Waals surface area (Å²) in [6.45, 7) is 4.11. The zero-order chi connectivity index (χ0) is 20.4. The molecule has 1 aromatic heterocycles. The van der Waals surface area contributed by atoms with Crippen LogP contribution in [0, 0.1) is 5.82 Å². The van der Waals surface area contributed by atoms with Crippen LogP contribution in [0.2, 0.25) is 0 Å². The Hall–Kier alpha value is -2.87. The quantitative estimate of drug-likeness (QED) is 0.665. The molecule has 29 heavy (non-hydrogen) atoms. The lowest BCUT2D eigenvalue weighted by Gasteiger charge is -2.33. The Kier molecular flexibility index (Phi) is 5.53. The van der Waals surface area contributed by atoms with Crippen molar-refractivity contribution in [1.29, 1.82) is 0 Å². The third-order valence-electron chi connectivity index (χ3n) is 4.96. The minimum atomic E-state index is -0.538. The second-order valence-corrected chi connectivity index (χ2v) is 7.91. The maximum Gasteiger partial charge on any atom is 0.240 e. The van der Waals surface area contributed by atoms with Crippen molar-refractivity contribution in [3.63, 3.8) is 0 Å². The highest BCUT2D eigenvalue weighted by Crippen LogP contribution is 2.37. The molecule has 2 aromatic carbocycles. The second-order valence-electron chi connectivity index (χ2n) is 6.80. The summed E-state index contributed by atoms with van der Waals surface area (Å²) in [5.41, 5.74) is 5.77. The number of rotatable bonds is 5. The smallest absolute Gasteiger partial charge is 0.240 e. The summed E-state index contributed by atoms with van der Waals surface area (Å²) in [6, 6.07) is 14.0. The van der Waals surface area contributed by atoms with Crippen LogP contribution in [0.3, 0.4) is 0 Å². The Balaban J connectivity index is 1.68. The van der Waals surface area contributed by atoms with Gasteiger partial charge in [-0.3, -0.25) is 4.79 Å². The molecule has 2 heterocycles. The van der Waals surface area contributed by atoms with Gasteiger partial charge in [0.05, 0.1) is 11.7 Å². The van der Waals surface area contributed by atoms with Crippen molar-refractivity contribution in [3.05, 3.63) is 71.3 Å². The van der Waals surface area contributed by atoms with Crippen molar-refractivity contribution >= 4 is 23.4 Å². The first-order valence-corrected chi connectivity index (χ1v) is 10.5. The normalized spacial score (nSPS) is 18.0. The van der Waals surface area contributed by atoms with Crippen molar-refractivity contribution in [2.45, 2.75) is 43.1 Å². The summed E-state index contributed by atoms with van der Waals surface area (Å²) >= 11 is 1.33. The van der Waals surface area contributed by atoms with E-state index < -0.39 is 11.1 Å². The summed E-state index contributed by atoms with van der Waals surface area (Å²) in [5, 5.41) is 11.2. The number of aromatic nitrogens is 3. The summed E-state index contributed by atoms with van der Waals surface area (Å²) in [6.07, 6.45) is 1.66. The number of hydrogen-bond donors (Lipinski definition) is 2. The average molecular weight is 412 g/mol. The number of nitrogens with one attached hydrogen (secondary N) is 2. The molecule has 0 radical (unpaired) electrons. The number of nitrogens with zero attached hydrogens (tertiary/aromatic N) is 3. The molecule has 0 aliphatic carbocycles. The highest BCUT2D eigenvalue weighted by atomic mass is 32.2. The molecule has 0 fully saturated rings. The molecule has 6 nitrogen and oxygen atoms in total. The van der Waals surface area contributed by atoms with Gasteiger partial charge in [0.2, 0.25) is 11.1 Å². The fraction of sp³-hybridized carbons (Fsp3) is 0.286. The average Bonchev–Trinajstić information content (AvgIpc) is 3.16. The van der Waals surface area contributed by atoms with Crippen molar-refractivity contribution < 1.29 is 9.18 Å². The van der Waals surface area contributed by atoms with Crippen LogP contribution in [-0.2, 0) is 17.6 Å². The van der Waals surface area contributed by atoms with Gasteiger partial charge in [-0.2, -0.15) is 0 Å². The molecule has 4 rings (SSSR count). The maximum absolute atomic E-state index is 14.0. The molecule has 1 aliphatic heterocycles. The minimum absolute atomic E-state index is 0.166. The topological polar surface area (TPSA) is 71.8 Å². The van der Waals surface area contributed by atoms with Gasteiger partial charge in [0.25, 0.3) is 0 Å². The number of fused-ring (bicyclic) bond motifs is 1. The van der Waals surface area contributed by atoms with E-state index in [0.29, 0.717) is 11.6 Å². The first kappa shape index (κ1) is 19.4. The molecule has 3 aromatic rings. The largest absolute Gasteiger partial charge is 0.323 e. The van der Waals surface area contributed by atoms with Gasteiger partial charge in [0.15, 0.2) is 5.82 Å². The van der Waals surface area contributed by atoms with Gasteiger partial charge in [-0.15, -0.1) is 10.2 Å². The molecule has 0 spiro atoms. The maximum atomic E-state index is 14.0. The number of para-hydroxylation sites is 1. The van der Waals surface area contributed by atoms with Crippen LogP contribution in [0.25, 0.3) is 0 Å². The van der Waals surface area contributed by atoms with Crippen LogP contribution in [0.4, 0.5) is 10.1 Å². The van der Waals surface area contributed by atoms with Crippen molar-refractivity contribution in [1.82, 2.24) is 14.9 Å². The number of thioether (sulfide) groups is 1. The number of carbonyl (C=O) groups is 1. The van der Waals surface area contributed by atoms with Gasteiger partial charge in [0.1, 0.15) is 11.1 Å². The summed E-state index contributed by atoms with van der Waals surface area (Å²) in [5.74, 6) is 0.0509. The van der Waals surface area contributed by atoms with Gasteiger partial charge < -0.3 is 10.7 Å². The van der Waals surface area contributed by atoms with Crippen LogP contribution in [0.5, 0.6) is 0 Å². The third kappa shape index (κ3) is 3.85. The molecule has 2 N–H and O–H groups in total. The van der Waals surface area contributed by atoms with Crippen molar-refractivity contribution in [2.24, 2.45) is 0 Å². The van der Waals surface area contributed by atoms with Crippen LogP contribution in [-0.4, -0.2) is 26.0 Å². The van der Waals surface area contributed by atoms with Crippen LogP contribution >= 0.6 is 11.8 Å². The molecule has 0 unspecified atom stereocenters. The van der Waals surface area contributed by atoms with Crippen LogP contribution in [0.15, 0.2) is 53.7 Å². The molecule has 1 aliphatic rings. The summed E-state index contributed by atoms with van der Waals surface area (Å²) in [4.78, 5) is 13.1. The van der Waals surface area contributed by atoms with Gasteiger partial charge in [-0.05, 0) is 29.7 Å². The highest BCUT2D eigenvalue weighted by molar-refractivity contribution is 8.00. The fourth-order valence-electron chi connectivity index (χ4n) is 3.30. The van der Waals surface area contributed by atoms with E-state index >= 15 is 0 Å². The van der Waals surface area contributed by atoms with E-state index in [1.165, 1.54) is 23.4 Å². The Bertz CT molecular complexity index is 1020. The second kappa shape index (κ2) is 8.24. The number of benzene rings is 2. The number of aryl methyl sites for hydroxylation is 2. The molecule has 1 amide bonds. The first-order valence-electron chi connectivity index (χ1n) is 9.62. The van der Waals surface area contributed by atoms with E-state index in [0.717, 1.165) is 17.8 Å². The molecular weight excluding hydrogens is 389 g/mol. The van der Waals surface area contributed by atoms with Crippen LogP contribution < -0.4 is 10.7 Å². The van der Waals surface area contributed by atoms with Crippen molar-refractivity contribution in [2.75, 3.05) is 10.7 Å². The van der Waals surface area contributed by atoms with Gasteiger partial charge >= 0.3 is 0 Å². The number of amides is 1. The lowest BCUT2D eigenvalue weighted by atomic mass is 10.0. The molecule has 0 saturated heterocycles. The summed E-state index contributed by atoms with van der Waals surface area (Å²) in [7, 11) is 0. The first-order chi connectivity index (χ1) is 14.1. The molecule has 150 valence electrons. The van der Waals surface area contributed by atoms with E-state index in [1.54, 1.807) is 18.2 Å². The van der Waals surface area contributed by atoms with Gasteiger partial charge in [0, 0.05) is 6.42 Å². The van der Waals surface area contributed by atoms with E-state index in [-0.39, 0.29) is 17.6 Å². The molecule has 0 bridgehead atoms. The molecule has 8 heteroatoms. The summed E-state index contributed by atoms with van der Waals surface area (Å²) < 4.78 is 15.9. The number of hydrogen-bond acceptors (Lipinski definition) is 5. The molecular formula is C21H22FN5OS. The Morgan fingerprint density at radius 3 is 2.59 bits per heavy atom. The van der Waals surface area contributed by atoms with E-state index in [9.17, 15) is 9.18 Å². The predicted octanol–water partition coefficient (Wildman–Crippen LogP) is 3.94. The minimum Gasteiger partial charge on any atom is -0.323 e. The Morgan fingerprint density at radius 2 is 1.90 bits per heavy atom. The van der Waals surface area contributed by atoms with Gasteiger partial charge in [-0.1, -0.05) is 62.0 Å². The van der Waals surface area contributed by atoms with E-state index in [2.05, 4.69) is 40.0 Å². The third-order valence-corrected chi connectivity index (χ3v) is 6.17. The number of anilines is 1. The number of halogens is 1. The van der Waals surface area contributed by atoms with Crippen molar-refractivity contribution in [3.8, 4) is 0 Å². The fourth-order valence-corrected chi connectivity index (χ4v) is 4.40. The highest BCUT2D eigenvalue weighted by Gasteiger charge is 2.37. The number of carbonyl (C=O) groups excluding carboxylic acids is 1. The molecule has 0 saturated carbocycles. The monoisotopic (exact) mass is 411 g/mol. The lowest BCUT2D eigenvalue weighted by Crippen LogP contribution is -2.41. The Labute approximate surface area is 172 Å². The zero-order valence-electron chi connectivity index (χ0n) is 16.2. The van der Waals surface area contributed by atoms with E-state index in [4.69, 9.17) is 0 Å². The van der Waals surface area contributed by atoms with Crippen LogP contribution in [0.1, 0.15) is 36.8 Å². The van der Waals surface area contributed by atoms with E-state index in [1.807, 2.05) is 23.7 Å². The van der Waals surface area contributed by atoms with Gasteiger partial charge in [-0.25, -0.2) is 9.07 Å². The Morgan fingerprint density at radius 1 is 1.14 bits per heavy atom. The predicted molar refractivity (Wildman–Crippen MR) is 112 cm³/mol. The SMILES string of the molecule is CCc1ccc([C@@H]2Nn3c(CC)nnc3S[C@H]2C(=O)Nc2ccccc2F)cc1. The molecule has 2 atom stereocenters. The standard InChI is InChI=1S/C21H22FN5OS/c1-3-13-9-11-14(12-10-13)18-19(20(28)23-16-8-6-5-7-15(16)22)29-21-25-24-17(4-2)27(21)26-18/h5-12,18-19,26H,3-4H2,1-2H3,(H,23,28)/t18-,19+/m0/s1. The lowest BCUT2D eigenvalue weighted by molar-refractivity contribution is -0.116. The zero-order valence-corrected chi connectivity index (χ0v) is 17.0.